The van der Waals surface area contributed by atoms with Crippen LogP contribution in [0.2, 0.25) is 5.02 Å². The topological polar surface area (TPSA) is 96.0 Å². The number of benzene rings is 3. The monoisotopic (exact) mass is 599 g/mol. The van der Waals surface area contributed by atoms with Gasteiger partial charge in [0, 0.05) is 17.6 Å². The first-order valence-electron chi connectivity index (χ1n) is 13.6. The van der Waals surface area contributed by atoms with Crippen LogP contribution in [-0.4, -0.2) is 50.4 Å². The standard InChI is InChI=1S/C31H38ClN3O5S/c1-6-23(4)33-31(37)24(5)34(20-25-10-8-9-11-29(25)32)30(36)21-35(26-14-12-22(3)13-15-26)41(38,39)28-18-16-27(17-19-28)40-7-2/h8-19,23-24H,6-7,20-21H2,1-5H3,(H,33,37). The highest BCUT2D eigenvalue weighted by Gasteiger charge is 2.33. The third-order valence-corrected chi connectivity index (χ3v) is 8.95. The van der Waals surface area contributed by atoms with Crippen LogP contribution in [0, 0.1) is 6.92 Å². The number of anilines is 1. The number of hydrogen-bond donors (Lipinski definition) is 1. The van der Waals surface area contributed by atoms with E-state index in [1.165, 1.54) is 17.0 Å². The molecule has 41 heavy (non-hydrogen) atoms. The van der Waals surface area contributed by atoms with Crippen LogP contribution in [0.5, 0.6) is 5.75 Å². The molecule has 220 valence electrons. The van der Waals surface area contributed by atoms with Crippen LogP contribution in [0.4, 0.5) is 5.69 Å². The molecule has 0 bridgehead atoms. The van der Waals surface area contributed by atoms with E-state index >= 15 is 0 Å². The molecule has 3 rings (SSSR count). The lowest BCUT2D eigenvalue weighted by atomic mass is 10.1. The molecule has 3 aromatic carbocycles. The number of amides is 2. The Morgan fingerprint density at radius 2 is 1.59 bits per heavy atom. The van der Waals surface area contributed by atoms with Crippen molar-refractivity contribution in [3.63, 3.8) is 0 Å². The molecule has 0 radical (unpaired) electrons. The summed E-state index contributed by atoms with van der Waals surface area (Å²) in [4.78, 5) is 28.5. The molecule has 0 aliphatic rings. The van der Waals surface area contributed by atoms with E-state index in [0.717, 1.165) is 16.3 Å². The minimum atomic E-state index is -4.17. The van der Waals surface area contributed by atoms with E-state index < -0.39 is 28.5 Å². The zero-order valence-corrected chi connectivity index (χ0v) is 25.7. The molecule has 0 aromatic heterocycles. The molecule has 1 N–H and O–H groups in total. The molecule has 2 atom stereocenters. The van der Waals surface area contributed by atoms with E-state index in [0.29, 0.717) is 28.6 Å². The van der Waals surface area contributed by atoms with E-state index in [4.69, 9.17) is 16.3 Å². The second kappa shape index (κ2) is 14.4. The number of nitrogens with zero attached hydrogens (tertiary/aromatic N) is 2. The number of aryl methyl sites for hydroxylation is 1. The van der Waals surface area contributed by atoms with Crippen molar-refractivity contribution in [1.29, 1.82) is 0 Å². The lowest BCUT2D eigenvalue weighted by Crippen LogP contribution is -2.52. The average Bonchev–Trinajstić information content (AvgIpc) is 2.96. The first-order chi connectivity index (χ1) is 19.5. The van der Waals surface area contributed by atoms with Gasteiger partial charge in [0.25, 0.3) is 10.0 Å². The fraction of sp³-hybridized carbons (Fsp3) is 0.355. The maximum atomic E-state index is 14.0. The quantitative estimate of drug-likeness (QED) is 0.277. The Labute approximate surface area is 248 Å². The van der Waals surface area contributed by atoms with Crippen LogP contribution in [0.15, 0.2) is 77.7 Å². The summed E-state index contributed by atoms with van der Waals surface area (Å²) in [6, 6.07) is 19.0. The molecule has 0 heterocycles. The Balaban J connectivity index is 2.02. The number of carbonyl (C=O) groups is 2. The van der Waals surface area contributed by atoms with Gasteiger partial charge in [0.05, 0.1) is 17.2 Å². The first-order valence-corrected chi connectivity index (χ1v) is 15.4. The summed E-state index contributed by atoms with van der Waals surface area (Å²) in [5.41, 5.74) is 1.91. The maximum Gasteiger partial charge on any atom is 0.264 e. The number of carbonyl (C=O) groups excluding carboxylic acids is 2. The fourth-order valence-corrected chi connectivity index (χ4v) is 5.71. The summed E-state index contributed by atoms with van der Waals surface area (Å²) in [6.45, 7) is 9.14. The Hall–Kier alpha value is -3.56. The van der Waals surface area contributed by atoms with Crippen molar-refractivity contribution < 1.29 is 22.7 Å². The van der Waals surface area contributed by atoms with Crippen molar-refractivity contribution in [1.82, 2.24) is 10.2 Å². The van der Waals surface area contributed by atoms with Crippen molar-refractivity contribution >= 4 is 39.1 Å². The van der Waals surface area contributed by atoms with Crippen LogP contribution >= 0.6 is 11.6 Å². The average molecular weight is 600 g/mol. The van der Waals surface area contributed by atoms with Crippen molar-refractivity contribution in [2.45, 2.75) is 64.6 Å². The lowest BCUT2D eigenvalue weighted by molar-refractivity contribution is -0.139. The van der Waals surface area contributed by atoms with Crippen LogP contribution in [-0.2, 0) is 26.2 Å². The second-order valence-corrected chi connectivity index (χ2v) is 12.1. The van der Waals surface area contributed by atoms with Gasteiger partial charge in [-0.3, -0.25) is 13.9 Å². The molecule has 0 aliphatic carbocycles. The highest BCUT2D eigenvalue weighted by molar-refractivity contribution is 7.92. The third kappa shape index (κ3) is 8.24. The smallest absolute Gasteiger partial charge is 0.264 e. The van der Waals surface area contributed by atoms with Gasteiger partial charge >= 0.3 is 0 Å². The Bertz CT molecular complexity index is 1430. The number of sulfonamides is 1. The van der Waals surface area contributed by atoms with E-state index in [2.05, 4.69) is 5.32 Å². The van der Waals surface area contributed by atoms with Crippen LogP contribution in [0.3, 0.4) is 0 Å². The Kier molecular flexibility index (Phi) is 11.2. The van der Waals surface area contributed by atoms with Gasteiger partial charge in [0.2, 0.25) is 11.8 Å². The van der Waals surface area contributed by atoms with Gasteiger partial charge in [-0.25, -0.2) is 8.42 Å². The molecule has 8 nitrogen and oxygen atoms in total. The van der Waals surface area contributed by atoms with Crippen molar-refractivity contribution in [3.8, 4) is 5.75 Å². The van der Waals surface area contributed by atoms with Crippen LogP contribution in [0.1, 0.15) is 45.2 Å². The van der Waals surface area contributed by atoms with Gasteiger partial charge in [-0.1, -0.05) is 54.4 Å². The highest BCUT2D eigenvalue weighted by Crippen LogP contribution is 2.27. The fourth-order valence-electron chi connectivity index (χ4n) is 4.10. The lowest BCUT2D eigenvalue weighted by Gasteiger charge is -2.32. The highest BCUT2D eigenvalue weighted by atomic mass is 35.5. The summed E-state index contributed by atoms with van der Waals surface area (Å²) >= 11 is 6.41. The largest absolute Gasteiger partial charge is 0.494 e. The Morgan fingerprint density at radius 3 is 2.17 bits per heavy atom. The van der Waals surface area contributed by atoms with E-state index in [1.54, 1.807) is 67.6 Å². The van der Waals surface area contributed by atoms with Crippen molar-refractivity contribution in [2.75, 3.05) is 17.5 Å². The molecule has 3 aromatic rings. The second-order valence-electron chi connectivity index (χ2n) is 9.86. The molecule has 0 saturated heterocycles. The van der Waals surface area contributed by atoms with Gasteiger partial charge in [0.1, 0.15) is 18.3 Å². The molecule has 0 fully saturated rings. The summed E-state index contributed by atoms with van der Waals surface area (Å²) in [7, 11) is -4.17. The molecular weight excluding hydrogens is 562 g/mol. The zero-order valence-electron chi connectivity index (χ0n) is 24.1. The number of rotatable bonds is 13. The molecule has 2 unspecified atom stereocenters. The maximum absolute atomic E-state index is 14.0. The number of hydrogen-bond acceptors (Lipinski definition) is 5. The number of nitrogens with one attached hydrogen (secondary N) is 1. The first kappa shape index (κ1) is 32.0. The molecular formula is C31H38ClN3O5S. The number of ether oxygens (including phenoxy) is 1. The van der Waals surface area contributed by atoms with E-state index in [1.807, 2.05) is 27.7 Å². The van der Waals surface area contributed by atoms with Crippen LogP contribution in [0.25, 0.3) is 0 Å². The van der Waals surface area contributed by atoms with Gasteiger partial charge in [-0.15, -0.1) is 0 Å². The van der Waals surface area contributed by atoms with Crippen molar-refractivity contribution in [2.24, 2.45) is 0 Å². The van der Waals surface area contributed by atoms with Gasteiger partial charge in [-0.2, -0.15) is 0 Å². The summed E-state index contributed by atoms with van der Waals surface area (Å²) in [6.07, 6.45) is 0.721. The van der Waals surface area contributed by atoms with E-state index in [-0.39, 0.29) is 23.4 Å². The normalized spacial score (nSPS) is 12.7. The molecule has 10 heteroatoms. The van der Waals surface area contributed by atoms with Gasteiger partial charge in [0.15, 0.2) is 0 Å². The Morgan fingerprint density at radius 1 is 0.951 bits per heavy atom. The number of halogens is 1. The van der Waals surface area contributed by atoms with E-state index in [9.17, 15) is 18.0 Å². The molecule has 0 saturated carbocycles. The minimum Gasteiger partial charge on any atom is -0.494 e. The van der Waals surface area contributed by atoms with Gasteiger partial charge in [-0.05, 0) is 82.1 Å². The SMILES string of the molecule is CCOc1ccc(S(=O)(=O)N(CC(=O)N(Cc2ccccc2Cl)C(C)C(=O)NC(C)CC)c2ccc(C)cc2)cc1. The van der Waals surface area contributed by atoms with Gasteiger partial charge < -0.3 is 15.0 Å². The van der Waals surface area contributed by atoms with Crippen molar-refractivity contribution in [3.05, 3.63) is 88.9 Å². The molecule has 0 aliphatic heterocycles. The summed E-state index contributed by atoms with van der Waals surface area (Å²) in [5.74, 6) is -0.348. The van der Waals surface area contributed by atoms with Crippen LogP contribution < -0.4 is 14.4 Å². The minimum absolute atomic E-state index is 0.00884. The summed E-state index contributed by atoms with van der Waals surface area (Å²) < 4.78 is 34.5. The summed E-state index contributed by atoms with van der Waals surface area (Å²) in [5, 5.41) is 3.36. The molecule has 2 amide bonds. The predicted octanol–water partition coefficient (Wildman–Crippen LogP) is 5.57. The molecule has 0 spiro atoms. The predicted molar refractivity (Wildman–Crippen MR) is 163 cm³/mol. The zero-order chi connectivity index (χ0) is 30.2. The third-order valence-electron chi connectivity index (χ3n) is 6.79.